The van der Waals surface area contributed by atoms with Crippen molar-refractivity contribution in [1.82, 2.24) is 0 Å². The highest BCUT2D eigenvalue weighted by atomic mass is 16.6. The van der Waals surface area contributed by atoms with Gasteiger partial charge >= 0.3 is 17.9 Å². The van der Waals surface area contributed by atoms with Crippen molar-refractivity contribution in [1.29, 1.82) is 0 Å². The van der Waals surface area contributed by atoms with E-state index in [1.807, 2.05) is 0 Å². The first-order valence-corrected chi connectivity index (χ1v) is 5.99. The lowest BCUT2D eigenvalue weighted by molar-refractivity contribution is -0.200. The Bertz CT molecular complexity index is 352. The first-order chi connectivity index (χ1) is 8.90. The summed E-state index contributed by atoms with van der Waals surface area (Å²) in [5.41, 5.74) is 0. The maximum atomic E-state index is 11.1. The van der Waals surface area contributed by atoms with E-state index >= 15 is 0 Å². The van der Waals surface area contributed by atoms with E-state index in [9.17, 15) is 14.4 Å². The number of carbonyl (C=O) groups excluding carboxylic acids is 3. The summed E-state index contributed by atoms with van der Waals surface area (Å²) in [5, 5.41) is 0. The van der Waals surface area contributed by atoms with Gasteiger partial charge in [0.1, 0.15) is 18.8 Å². The highest BCUT2D eigenvalue weighted by Gasteiger charge is 2.39. The topological polar surface area (TPSA) is 88.1 Å². The van der Waals surface area contributed by atoms with Gasteiger partial charge in [0.15, 0.2) is 6.10 Å². The molecule has 1 heterocycles. The lowest BCUT2D eigenvalue weighted by Gasteiger charge is -2.36. The lowest BCUT2D eigenvalue weighted by Crippen LogP contribution is -2.50. The average molecular weight is 274 g/mol. The summed E-state index contributed by atoms with van der Waals surface area (Å²) in [5.74, 6) is -1.43. The van der Waals surface area contributed by atoms with Crippen LogP contribution in [0.5, 0.6) is 0 Å². The summed E-state index contributed by atoms with van der Waals surface area (Å²) in [4.78, 5) is 32.9. The minimum absolute atomic E-state index is 0.0506. The van der Waals surface area contributed by atoms with Crippen LogP contribution in [-0.4, -0.2) is 49.4 Å². The maximum Gasteiger partial charge on any atom is 0.303 e. The van der Waals surface area contributed by atoms with Crippen LogP contribution in [0, 0.1) is 0 Å². The van der Waals surface area contributed by atoms with Gasteiger partial charge < -0.3 is 18.9 Å². The minimum Gasteiger partial charge on any atom is -0.463 e. The average Bonchev–Trinajstić information content (AvgIpc) is 2.28. The summed E-state index contributed by atoms with van der Waals surface area (Å²) in [6, 6.07) is 0. The van der Waals surface area contributed by atoms with Crippen LogP contribution in [0.1, 0.15) is 27.2 Å². The van der Waals surface area contributed by atoms with Gasteiger partial charge in [0.25, 0.3) is 0 Å². The molecule has 0 aromatic carbocycles. The zero-order chi connectivity index (χ0) is 14.4. The molecule has 7 nitrogen and oxygen atoms in total. The molecule has 0 amide bonds. The molecule has 1 fully saturated rings. The normalized spacial score (nSPS) is 26.4. The van der Waals surface area contributed by atoms with Gasteiger partial charge in [-0.15, -0.1) is 0 Å². The summed E-state index contributed by atoms with van der Waals surface area (Å²) in [6.07, 6.45) is -1.57. The smallest absolute Gasteiger partial charge is 0.303 e. The van der Waals surface area contributed by atoms with E-state index in [-0.39, 0.29) is 6.61 Å². The van der Waals surface area contributed by atoms with E-state index < -0.39 is 36.2 Å². The summed E-state index contributed by atoms with van der Waals surface area (Å²) in [6.45, 7) is 4.09. The predicted molar refractivity (Wildman–Crippen MR) is 62.1 cm³/mol. The Morgan fingerprint density at radius 2 is 1.68 bits per heavy atom. The van der Waals surface area contributed by atoms with Crippen LogP contribution < -0.4 is 0 Å². The molecule has 1 rings (SSSR count). The third kappa shape index (κ3) is 5.25. The Morgan fingerprint density at radius 1 is 1.05 bits per heavy atom. The summed E-state index contributed by atoms with van der Waals surface area (Å²) in [7, 11) is 0. The van der Waals surface area contributed by atoms with E-state index in [0.29, 0.717) is 13.0 Å². The van der Waals surface area contributed by atoms with Crippen molar-refractivity contribution in [2.24, 2.45) is 0 Å². The Balaban J connectivity index is 2.72. The van der Waals surface area contributed by atoms with Crippen LogP contribution in [0.2, 0.25) is 0 Å². The molecule has 0 radical (unpaired) electrons. The molecule has 0 N–H and O–H groups in total. The number of ether oxygens (including phenoxy) is 4. The maximum absolute atomic E-state index is 11.1. The Hall–Kier alpha value is -1.63. The van der Waals surface area contributed by atoms with Crippen LogP contribution in [0.15, 0.2) is 0 Å². The molecular formula is C12H18O7. The molecule has 3 atom stereocenters. The molecule has 1 aliphatic heterocycles. The van der Waals surface area contributed by atoms with Crippen molar-refractivity contribution in [2.45, 2.75) is 45.5 Å². The van der Waals surface area contributed by atoms with E-state index in [2.05, 4.69) is 0 Å². The zero-order valence-electron chi connectivity index (χ0n) is 11.2. The molecule has 0 aliphatic carbocycles. The monoisotopic (exact) mass is 274 g/mol. The molecule has 19 heavy (non-hydrogen) atoms. The molecule has 108 valence electrons. The van der Waals surface area contributed by atoms with Crippen LogP contribution in [0.25, 0.3) is 0 Å². The number of carbonyl (C=O) groups is 3. The van der Waals surface area contributed by atoms with Crippen molar-refractivity contribution in [3.05, 3.63) is 0 Å². The van der Waals surface area contributed by atoms with Gasteiger partial charge in [0, 0.05) is 27.2 Å². The Morgan fingerprint density at radius 3 is 2.21 bits per heavy atom. The number of hydrogen-bond acceptors (Lipinski definition) is 7. The van der Waals surface area contributed by atoms with E-state index in [1.165, 1.54) is 20.8 Å². The Labute approximate surface area is 111 Å². The molecule has 0 unspecified atom stereocenters. The van der Waals surface area contributed by atoms with Crippen LogP contribution in [0.4, 0.5) is 0 Å². The Kier molecular flexibility index (Phi) is 5.75. The molecule has 0 aromatic heterocycles. The van der Waals surface area contributed by atoms with Crippen LogP contribution in [0.3, 0.4) is 0 Å². The van der Waals surface area contributed by atoms with E-state index in [1.54, 1.807) is 0 Å². The largest absolute Gasteiger partial charge is 0.463 e. The van der Waals surface area contributed by atoms with Crippen LogP contribution >= 0.6 is 0 Å². The number of esters is 3. The molecule has 0 spiro atoms. The van der Waals surface area contributed by atoms with E-state index in [0.717, 1.165) is 0 Å². The molecule has 1 saturated heterocycles. The van der Waals surface area contributed by atoms with Crippen molar-refractivity contribution in [3.8, 4) is 0 Å². The van der Waals surface area contributed by atoms with Gasteiger partial charge in [-0.05, 0) is 0 Å². The van der Waals surface area contributed by atoms with Gasteiger partial charge in [0.05, 0.1) is 6.61 Å². The van der Waals surface area contributed by atoms with Gasteiger partial charge in [0.2, 0.25) is 0 Å². The van der Waals surface area contributed by atoms with Crippen molar-refractivity contribution in [3.63, 3.8) is 0 Å². The first kappa shape index (κ1) is 15.4. The standard InChI is InChI=1S/C12H18O7/c1-7(13)17-6-11-12(19-9(3)15)10(4-5-16-11)18-8(2)14/h10-12H,4-6H2,1-3H3/t10-,11-,12-/m1/s1. The molecule has 0 saturated carbocycles. The highest BCUT2D eigenvalue weighted by Crippen LogP contribution is 2.22. The molecular weight excluding hydrogens is 256 g/mol. The van der Waals surface area contributed by atoms with Gasteiger partial charge in [-0.3, -0.25) is 14.4 Å². The van der Waals surface area contributed by atoms with Crippen LogP contribution in [-0.2, 0) is 33.3 Å². The van der Waals surface area contributed by atoms with Gasteiger partial charge in [-0.25, -0.2) is 0 Å². The fourth-order valence-electron chi connectivity index (χ4n) is 1.86. The second-order valence-electron chi connectivity index (χ2n) is 4.22. The molecule has 1 aliphatic rings. The third-order valence-electron chi connectivity index (χ3n) is 2.54. The summed E-state index contributed by atoms with van der Waals surface area (Å²) >= 11 is 0. The SMILES string of the molecule is CC(=O)OC[C@H]1OCC[C@@H](OC(C)=O)[C@H]1OC(C)=O. The lowest BCUT2D eigenvalue weighted by atomic mass is 10.0. The van der Waals surface area contributed by atoms with E-state index in [4.69, 9.17) is 18.9 Å². The predicted octanol–water partition coefficient (Wildman–Crippen LogP) is 0.202. The second-order valence-corrected chi connectivity index (χ2v) is 4.22. The number of rotatable bonds is 4. The summed E-state index contributed by atoms with van der Waals surface area (Å²) < 4.78 is 20.5. The molecule has 0 bridgehead atoms. The van der Waals surface area contributed by atoms with Gasteiger partial charge in [-0.2, -0.15) is 0 Å². The first-order valence-electron chi connectivity index (χ1n) is 5.99. The third-order valence-corrected chi connectivity index (χ3v) is 2.54. The quantitative estimate of drug-likeness (QED) is 0.534. The number of hydrogen-bond donors (Lipinski definition) is 0. The van der Waals surface area contributed by atoms with Crippen molar-refractivity contribution < 1.29 is 33.3 Å². The zero-order valence-corrected chi connectivity index (χ0v) is 11.2. The van der Waals surface area contributed by atoms with Crippen molar-refractivity contribution in [2.75, 3.05) is 13.2 Å². The fraction of sp³-hybridized carbons (Fsp3) is 0.750. The van der Waals surface area contributed by atoms with Crippen molar-refractivity contribution >= 4 is 17.9 Å². The fourth-order valence-corrected chi connectivity index (χ4v) is 1.86. The second kappa shape index (κ2) is 7.08. The van der Waals surface area contributed by atoms with Gasteiger partial charge in [-0.1, -0.05) is 0 Å². The molecule has 0 aromatic rings. The molecule has 7 heteroatoms. The highest BCUT2D eigenvalue weighted by molar-refractivity contribution is 5.67. The minimum atomic E-state index is -0.769.